The van der Waals surface area contributed by atoms with E-state index in [1.807, 2.05) is 30.3 Å². The summed E-state index contributed by atoms with van der Waals surface area (Å²) in [5, 5.41) is 0. The molecule has 2 aromatic rings. The number of hydrogen-bond acceptors (Lipinski definition) is 3. The third-order valence-electron chi connectivity index (χ3n) is 3.02. The lowest BCUT2D eigenvalue weighted by atomic mass is 10.2. The van der Waals surface area contributed by atoms with Crippen LogP contribution in [0.15, 0.2) is 36.4 Å². The number of carbonyl (C=O) groups is 1. The number of hydrogen-bond donors (Lipinski definition) is 1. The lowest BCUT2D eigenvalue weighted by Crippen LogP contribution is -2.32. The van der Waals surface area contributed by atoms with Crippen LogP contribution >= 0.6 is 46.9 Å². The van der Waals surface area contributed by atoms with Crippen LogP contribution in [-0.4, -0.2) is 23.9 Å². The molecule has 0 aliphatic carbocycles. The molecular weight excluding hydrogens is 363 g/mol. The molecule has 0 saturated carbocycles. The molecular formula is C15H17Cl3N2OS. The third kappa shape index (κ3) is 5.14. The zero-order chi connectivity index (χ0) is 15.2. The predicted octanol–water partition coefficient (Wildman–Crippen LogP) is 4.47. The minimum absolute atomic E-state index is 0. The van der Waals surface area contributed by atoms with Gasteiger partial charge in [-0.05, 0) is 24.6 Å². The maximum Gasteiger partial charge on any atom is 0.256 e. The van der Waals surface area contributed by atoms with Crippen LogP contribution in [0, 0.1) is 0 Å². The van der Waals surface area contributed by atoms with Crippen molar-refractivity contribution in [3.63, 3.8) is 0 Å². The maximum atomic E-state index is 12.6. The number of nitrogens with zero attached hydrogens (tertiary/aromatic N) is 1. The molecule has 2 N–H and O–H groups in total. The van der Waals surface area contributed by atoms with Crippen molar-refractivity contribution >= 4 is 52.9 Å². The molecule has 1 aromatic carbocycles. The van der Waals surface area contributed by atoms with Gasteiger partial charge in [0.15, 0.2) is 0 Å². The summed E-state index contributed by atoms with van der Waals surface area (Å²) in [6.07, 6.45) is 0.744. The Balaban J connectivity index is 0.00000242. The Morgan fingerprint density at radius 3 is 2.45 bits per heavy atom. The van der Waals surface area contributed by atoms with Crippen LogP contribution in [0.4, 0.5) is 0 Å². The summed E-state index contributed by atoms with van der Waals surface area (Å²) in [6, 6.07) is 11.5. The molecule has 2 rings (SSSR count). The van der Waals surface area contributed by atoms with Crippen molar-refractivity contribution in [3.8, 4) is 0 Å². The molecule has 0 radical (unpaired) electrons. The van der Waals surface area contributed by atoms with E-state index in [2.05, 4.69) is 0 Å². The third-order valence-corrected chi connectivity index (χ3v) is 4.51. The fourth-order valence-electron chi connectivity index (χ4n) is 1.99. The normalized spacial score (nSPS) is 10.1. The van der Waals surface area contributed by atoms with Crippen LogP contribution in [-0.2, 0) is 6.54 Å². The van der Waals surface area contributed by atoms with E-state index < -0.39 is 0 Å². The summed E-state index contributed by atoms with van der Waals surface area (Å²) in [7, 11) is 0. The monoisotopic (exact) mass is 378 g/mol. The van der Waals surface area contributed by atoms with Gasteiger partial charge in [0.2, 0.25) is 0 Å². The van der Waals surface area contributed by atoms with Crippen molar-refractivity contribution in [3.05, 3.63) is 56.2 Å². The van der Waals surface area contributed by atoms with Crippen LogP contribution in [0.1, 0.15) is 22.3 Å². The number of amides is 1. The molecule has 0 aliphatic rings. The summed E-state index contributed by atoms with van der Waals surface area (Å²) in [5.74, 6) is -0.111. The van der Waals surface area contributed by atoms with Gasteiger partial charge in [-0.25, -0.2) is 0 Å². The summed E-state index contributed by atoms with van der Waals surface area (Å²) in [6.45, 7) is 1.66. The number of nitrogens with two attached hydrogens (primary N) is 1. The minimum atomic E-state index is -0.111. The molecule has 1 aromatic heterocycles. The first-order chi connectivity index (χ1) is 10.1. The first-order valence-electron chi connectivity index (χ1n) is 6.60. The Hall–Kier alpha value is -0.780. The van der Waals surface area contributed by atoms with Crippen molar-refractivity contribution in [2.45, 2.75) is 13.0 Å². The second kappa shape index (κ2) is 9.38. The van der Waals surface area contributed by atoms with Gasteiger partial charge in [0.1, 0.15) is 4.34 Å². The van der Waals surface area contributed by atoms with Crippen LogP contribution in [0.3, 0.4) is 0 Å². The van der Waals surface area contributed by atoms with Crippen molar-refractivity contribution in [2.24, 2.45) is 5.73 Å². The van der Waals surface area contributed by atoms with E-state index in [-0.39, 0.29) is 18.3 Å². The molecule has 0 unspecified atom stereocenters. The second-order valence-electron chi connectivity index (χ2n) is 4.59. The van der Waals surface area contributed by atoms with Gasteiger partial charge in [-0.15, -0.1) is 23.7 Å². The zero-order valence-corrected chi connectivity index (χ0v) is 14.9. The Kier molecular flexibility index (Phi) is 8.21. The first-order valence-corrected chi connectivity index (χ1v) is 8.17. The molecule has 120 valence electrons. The number of halogens is 3. The van der Waals surface area contributed by atoms with E-state index in [0.29, 0.717) is 33.9 Å². The number of rotatable bonds is 6. The van der Waals surface area contributed by atoms with Crippen LogP contribution in [0.2, 0.25) is 8.67 Å². The van der Waals surface area contributed by atoms with Crippen LogP contribution in [0.25, 0.3) is 0 Å². The molecule has 0 atom stereocenters. The molecule has 1 heterocycles. The Labute approximate surface area is 150 Å². The molecule has 0 bridgehead atoms. The van der Waals surface area contributed by atoms with E-state index >= 15 is 0 Å². The Bertz CT molecular complexity index is 604. The molecule has 22 heavy (non-hydrogen) atoms. The SMILES string of the molecule is Cl.NCCCN(Cc1ccccc1)C(=O)c1cc(Cl)sc1Cl. The van der Waals surface area contributed by atoms with Gasteiger partial charge in [-0.3, -0.25) is 4.79 Å². The zero-order valence-electron chi connectivity index (χ0n) is 11.8. The van der Waals surface area contributed by atoms with Crippen LogP contribution in [0.5, 0.6) is 0 Å². The first kappa shape index (κ1) is 19.3. The van der Waals surface area contributed by atoms with Gasteiger partial charge >= 0.3 is 0 Å². The predicted molar refractivity (Wildman–Crippen MR) is 96.4 cm³/mol. The van der Waals surface area contributed by atoms with E-state index in [4.69, 9.17) is 28.9 Å². The van der Waals surface area contributed by atoms with E-state index in [1.165, 1.54) is 11.3 Å². The molecule has 3 nitrogen and oxygen atoms in total. The topological polar surface area (TPSA) is 46.3 Å². The largest absolute Gasteiger partial charge is 0.334 e. The summed E-state index contributed by atoms with van der Waals surface area (Å²) in [5.41, 5.74) is 7.09. The molecule has 0 aliphatic heterocycles. The van der Waals surface area contributed by atoms with Crippen LogP contribution < -0.4 is 5.73 Å². The highest BCUT2D eigenvalue weighted by Gasteiger charge is 2.20. The van der Waals surface area contributed by atoms with E-state index in [1.54, 1.807) is 11.0 Å². The molecule has 7 heteroatoms. The van der Waals surface area contributed by atoms with Crippen molar-refractivity contribution in [1.29, 1.82) is 0 Å². The number of benzene rings is 1. The van der Waals surface area contributed by atoms with Crippen molar-refractivity contribution < 1.29 is 4.79 Å². The highest BCUT2D eigenvalue weighted by atomic mass is 35.5. The fraction of sp³-hybridized carbons (Fsp3) is 0.267. The highest BCUT2D eigenvalue weighted by molar-refractivity contribution is 7.20. The van der Waals surface area contributed by atoms with Gasteiger partial charge in [0.05, 0.1) is 9.90 Å². The van der Waals surface area contributed by atoms with Gasteiger partial charge < -0.3 is 10.6 Å². The second-order valence-corrected chi connectivity index (χ2v) is 6.88. The molecule has 0 saturated heterocycles. The lowest BCUT2D eigenvalue weighted by Gasteiger charge is -2.22. The van der Waals surface area contributed by atoms with Gasteiger partial charge in [0.25, 0.3) is 5.91 Å². The van der Waals surface area contributed by atoms with Gasteiger partial charge in [-0.2, -0.15) is 0 Å². The molecule has 0 fully saturated rings. The molecule has 0 spiro atoms. The summed E-state index contributed by atoms with van der Waals surface area (Å²) in [4.78, 5) is 14.4. The lowest BCUT2D eigenvalue weighted by molar-refractivity contribution is 0.0743. The maximum absolute atomic E-state index is 12.6. The fourth-order valence-corrected chi connectivity index (χ4v) is 3.44. The quantitative estimate of drug-likeness (QED) is 0.805. The highest BCUT2D eigenvalue weighted by Crippen LogP contribution is 2.32. The van der Waals surface area contributed by atoms with Gasteiger partial charge in [0, 0.05) is 13.1 Å². The van der Waals surface area contributed by atoms with E-state index in [9.17, 15) is 4.79 Å². The smallest absolute Gasteiger partial charge is 0.256 e. The average molecular weight is 380 g/mol. The number of thiophene rings is 1. The molecule has 1 amide bonds. The van der Waals surface area contributed by atoms with Crippen molar-refractivity contribution in [2.75, 3.05) is 13.1 Å². The summed E-state index contributed by atoms with van der Waals surface area (Å²) >= 11 is 13.2. The van der Waals surface area contributed by atoms with E-state index in [0.717, 1.165) is 12.0 Å². The standard InChI is InChI=1S/C15H16Cl2N2OS.ClH/c16-13-9-12(14(17)21-13)15(20)19(8-4-7-18)10-11-5-2-1-3-6-11;/h1-3,5-6,9H,4,7-8,10,18H2;1H. The Morgan fingerprint density at radius 2 is 1.91 bits per heavy atom. The van der Waals surface area contributed by atoms with Crippen molar-refractivity contribution in [1.82, 2.24) is 4.90 Å². The van der Waals surface area contributed by atoms with Gasteiger partial charge in [-0.1, -0.05) is 53.5 Å². The Morgan fingerprint density at radius 1 is 1.23 bits per heavy atom. The summed E-state index contributed by atoms with van der Waals surface area (Å²) < 4.78 is 0.942. The number of carbonyl (C=O) groups excluding carboxylic acids is 1. The average Bonchev–Trinajstić information content (AvgIpc) is 2.82. The minimum Gasteiger partial charge on any atom is -0.334 e.